The fourth-order valence-electron chi connectivity index (χ4n) is 2.23. The SMILES string of the molecule is CCCCCCC(=CCc1ccc(OC)cc1)CC. The van der Waals surface area contributed by atoms with E-state index in [1.165, 1.54) is 44.1 Å². The van der Waals surface area contributed by atoms with Crippen molar-refractivity contribution in [3.63, 3.8) is 0 Å². The van der Waals surface area contributed by atoms with Crippen molar-refractivity contribution in [3.05, 3.63) is 41.5 Å². The summed E-state index contributed by atoms with van der Waals surface area (Å²) >= 11 is 0. The van der Waals surface area contributed by atoms with Gasteiger partial charge in [-0.3, -0.25) is 0 Å². The molecule has 0 saturated heterocycles. The monoisotopic (exact) mass is 260 g/mol. The maximum atomic E-state index is 5.18. The number of hydrogen-bond acceptors (Lipinski definition) is 1. The van der Waals surface area contributed by atoms with Gasteiger partial charge in [0.25, 0.3) is 0 Å². The smallest absolute Gasteiger partial charge is 0.118 e. The quantitative estimate of drug-likeness (QED) is 0.418. The van der Waals surface area contributed by atoms with Crippen molar-refractivity contribution in [2.75, 3.05) is 7.11 Å². The lowest BCUT2D eigenvalue weighted by atomic mass is 10.0. The molecule has 0 radical (unpaired) electrons. The molecule has 1 heteroatoms. The molecule has 0 saturated carbocycles. The van der Waals surface area contributed by atoms with Crippen LogP contribution in [0.5, 0.6) is 5.75 Å². The third kappa shape index (κ3) is 6.47. The Kier molecular flexibility index (Phi) is 8.04. The van der Waals surface area contributed by atoms with E-state index in [-0.39, 0.29) is 0 Å². The van der Waals surface area contributed by atoms with Gasteiger partial charge in [-0.1, -0.05) is 56.9 Å². The van der Waals surface area contributed by atoms with Gasteiger partial charge < -0.3 is 4.74 Å². The predicted octanol–water partition coefficient (Wildman–Crippen LogP) is 5.54. The van der Waals surface area contributed by atoms with Crippen LogP contribution in [-0.2, 0) is 6.42 Å². The second kappa shape index (κ2) is 9.66. The van der Waals surface area contributed by atoms with E-state index in [4.69, 9.17) is 4.74 Å². The van der Waals surface area contributed by atoms with Crippen molar-refractivity contribution >= 4 is 0 Å². The number of allylic oxidation sites excluding steroid dienone is 2. The molecule has 0 bridgehead atoms. The first-order chi connectivity index (χ1) is 9.30. The van der Waals surface area contributed by atoms with Crippen LogP contribution in [0.25, 0.3) is 0 Å². The molecule has 0 unspecified atom stereocenters. The summed E-state index contributed by atoms with van der Waals surface area (Å²) in [5.74, 6) is 0.933. The highest BCUT2D eigenvalue weighted by atomic mass is 16.5. The van der Waals surface area contributed by atoms with E-state index in [0.717, 1.165) is 12.2 Å². The molecule has 1 nitrogen and oxygen atoms in total. The van der Waals surface area contributed by atoms with E-state index in [1.807, 2.05) is 12.1 Å². The minimum Gasteiger partial charge on any atom is -0.497 e. The molecule has 0 aliphatic rings. The lowest BCUT2D eigenvalue weighted by Crippen LogP contribution is -1.88. The van der Waals surface area contributed by atoms with Crippen LogP contribution in [-0.4, -0.2) is 7.11 Å². The molecule has 1 aromatic rings. The Morgan fingerprint density at radius 3 is 2.37 bits per heavy atom. The number of benzene rings is 1. The standard InChI is InChI=1S/C18H28O/c1-4-6-7-8-9-16(5-2)10-11-17-12-14-18(19-3)15-13-17/h10,12-15H,4-9,11H2,1-3H3. The molecule has 0 aliphatic carbocycles. The summed E-state index contributed by atoms with van der Waals surface area (Å²) in [6.45, 7) is 4.53. The predicted molar refractivity (Wildman–Crippen MR) is 83.8 cm³/mol. The highest BCUT2D eigenvalue weighted by Crippen LogP contribution is 2.16. The number of rotatable bonds is 9. The third-order valence-corrected chi connectivity index (χ3v) is 3.59. The van der Waals surface area contributed by atoms with Gasteiger partial charge in [0.15, 0.2) is 0 Å². The maximum absolute atomic E-state index is 5.18. The number of unbranched alkanes of at least 4 members (excludes halogenated alkanes) is 3. The minimum absolute atomic E-state index is 0.933. The van der Waals surface area contributed by atoms with Crippen molar-refractivity contribution in [2.24, 2.45) is 0 Å². The molecule has 0 atom stereocenters. The van der Waals surface area contributed by atoms with E-state index in [9.17, 15) is 0 Å². The van der Waals surface area contributed by atoms with Gasteiger partial charge in [-0.05, 0) is 43.4 Å². The van der Waals surface area contributed by atoms with Gasteiger partial charge >= 0.3 is 0 Å². The molecule has 1 aromatic carbocycles. The summed E-state index contributed by atoms with van der Waals surface area (Å²) < 4.78 is 5.18. The lowest BCUT2D eigenvalue weighted by molar-refractivity contribution is 0.414. The summed E-state index contributed by atoms with van der Waals surface area (Å²) in [4.78, 5) is 0. The molecule has 0 N–H and O–H groups in total. The molecule has 0 fully saturated rings. The van der Waals surface area contributed by atoms with Crippen LogP contribution in [0.3, 0.4) is 0 Å². The Labute approximate surface area is 118 Å². The average molecular weight is 260 g/mol. The van der Waals surface area contributed by atoms with Crippen LogP contribution >= 0.6 is 0 Å². The Hall–Kier alpha value is -1.24. The van der Waals surface area contributed by atoms with E-state index in [2.05, 4.69) is 32.1 Å². The topological polar surface area (TPSA) is 9.23 Å². The average Bonchev–Trinajstić information content (AvgIpc) is 2.47. The Morgan fingerprint density at radius 2 is 1.79 bits per heavy atom. The Bertz CT molecular complexity index is 362. The molecule has 106 valence electrons. The van der Waals surface area contributed by atoms with Crippen molar-refractivity contribution in [1.82, 2.24) is 0 Å². The lowest BCUT2D eigenvalue weighted by Gasteiger charge is -2.06. The van der Waals surface area contributed by atoms with Crippen LogP contribution < -0.4 is 4.74 Å². The van der Waals surface area contributed by atoms with E-state index >= 15 is 0 Å². The second-order valence-electron chi connectivity index (χ2n) is 5.08. The van der Waals surface area contributed by atoms with Gasteiger partial charge in [-0.25, -0.2) is 0 Å². The first-order valence-electron chi connectivity index (χ1n) is 7.61. The number of hydrogen-bond donors (Lipinski definition) is 0. The Morgan fingerprint density at radius 1 is 1.05 bits per heavy atom. The molecular formula is C18H28O. The zero-order chi connectivity index (χ0) is 13.9. The first-order valence-corrected chi connectivity index (χ1v) is 7.61. The minimum atomic E-state index is 0.933. The van der Waals surface area contributed by atoms with Gasteiger partial charge in [0.2, 0.25) is 0 Å². The van der Waals surface area contributed by atoms with Crippen LogP contribution in [0.4, 0.5) is 0 Å². The molecule has 19 heavy (non-hydrogen) atoms. The zero-order valence-electron chi connectivity index (χ0n) is 12.7. The zero-order valence-corrected chi connectivity index (χ0v) is 12.7. The van der Waals surface area contributed by atoms with Gasteiger partial charge in [0, 0.05) is 0 Å². The molecular weight excluding hydrogens is 232 g/mol. The molecule has 1 rings (SSSR count). The van der Waals surface area contributed by atoms with Crippen LogP contribution in [0, 0.1) is 0 Å². The van der Waals surface area contributed by atoms with E-state index in [0.29, 0.717) is 0 Å². The van der Waals surface area contributed by atoms with Crippen LogP contribution in [0.15, 0.2) is 35.9 Å². The summed E-state index contributed by atoms with van der Waals surface area (Å²) in [6.07, 6.45) is 11.3. The second-order valence-corrected chi connectivity index (χ2v) is 5.08. The normalized spacial score (nSPS) is 11.6. The summed E-state index contributed by atoms with van der Waals surface area (Å²) in [5, 5.41) is 0. The van der Waals surface area contributed by atoms with Crippen molar-refractivity contribution in [1.29, 1.82) is 0 Å². The highest BCUT2D eigenvalue weighted by Gasteiger charge is 1.97. The van der Waals surface area contributed by atoms with Crippen molar-refractivity contribution < 1.29 is 4.74 Å². The summed E-state index contributed by atoms with van der Waals surface area (Å²) in [7, 11) is 1.71. The first kappa shape index (κ1) is 15.8. The van der Waals surface area contributed by atoms with E-state index < -0.39 is 0 Å². The van der Waals surface area contributed by atoms with Gasteiger partial charge in [-0.15, -0.1) is 0 Å². The van der Waals surface area contributed by atoms with Crippen molar-refractivity contribution in [3.8, 4) is 5.75 Å². The Balaban J connectivity index is 2.42. The van der Waals surface area contributed by atoms with Crippen LogP contribution in [0.1, 0.15) is 57.9 Å². The summed E-state index contributed by atoms with van der Waals surface area (Å²) in [6, 6.07) is 8.38. The van der Waals surface area contributed by atoms with Gasteiger partial charge in [0.05, 0.1) is 7.11 Å². The third-order valence-electron chi connectivity index (χ3n) is 3.59. The summed E-state index contributed by atoms with van der Waals surface area (Å²) in [5.41, 5.74) is 2.97. The number of ether oxygens (including phenoxy) is 1. The van der Waals surface area contributed by atoms with Crippen LogP contribution in [0.2, 0.25) is 0 Å². The maximum Gasteiger partial charge on any atom is 0.118 e. The van der Waals surface area contributed by atoms with Gasteiger partial charge in [-0.2, -0.15) is 0 Å². The largest absolute Gasteiger partial charge is 0.497 e. The number of methoxy groups -OCH3 is 1. The molecule has 0 amide bonds. The van der Waals surface area contributed by atoms with E-state index in [1.54, 1.807) is 12.7 Å². The molecule has 0 aliphatic heterocycles. The molecule has 0 spiro atoms. The fraction of sp³-hybridized carbons (Fsp3) is 0.556. The highest BCUT2D eigenvalue weighted by molar-refractivity contribution is 5.28. The van der Waals surface area contributed by atoms with Gasteiger partial charge in [0.1, 0.15) is 5.75 Å². The fourth-order valence-corrected chi connectivity index (χ4v) is 2.23. The molecule has 0 heterocycles. The van der Waals surface area contributed by atoms with Crippen molar-refractivity contribution in [2.45, 2.75) is 58.8 Å². The molecule has 0 aromatic heterocycles.